The first kappa shape index (κ1) is 46.2. The number of benzene rings is 2. The molecule has 0 unspecified atom stereocenters. The van der Waals surface area contributed by atoms with Gasteiger partial charge in [0.1, 0.15) is 23.9 Å². The average molecular weight is 892 g/mol. The number of amides is 3. The number of hydrazine groups is 1. The predicted octanol–water partition coefficient (Wildman–Crippen LogP) is 5.09. The van der Waals surface area contributed by atoms with E-state index in [9.17, 15) is 24.3 Å². The van der Waals surface area contributed by atoms with Crippen molar-refractivity contribution in [3.63, 3.8) is 0 Å². The molecule has 15 nitrogen and oxygen atoms in total. The Balaban J connectivity index is 1.18. The van der Waals surface area contributed by atoms with Crippen LogP contribution in [0.1, 0.15) is 70.6 Å². The summed E-state index contributed by atoms with van der Waals surface area (Å²) < 4.78 is 19.4. The van der Waals surface area contributed by atoms with Crippen LogP contribution in [0.5, 0.6) is 5.75 Å². The molecule has 2 aromatic heterocycles. The van der Waals surface area contributed by atoms with E-state index >= 15 is 0 Å². The zero-order valence-electron chi connectivity index (χ0n) is 38.9. The van der Waals surface area contributed by atoms with Crippen molar-refractivity contribution in [1.82, 2.24) is 35.1 Å². The van der Waals surface area contributed by atoms with E-state index in [1.807, 2.05) is 38.2 Å². The summed E-state index contributed by atoms with van der Waals surface area (Å²) in [5.41, 5.74) is 9.93. The van der Waals surface area contributed by atoms with Crippen molar-refractivity contribution in [3.8, 4) is 28.1 Å². The molecule has 8 rings (SSSR count). The molecule has 4 aliphatic rings. The highest BCUT2D eigenvalue weighted by molar-refractivity contribution is 5.96. The van der Waals surface area contributed by atoms with Gasteiger partial charge in [0.05, 0.1) is 44.1 Å². The molecule has 4 aliphatic heterocycles. The lowest BCUT2D eigenvalue weighted by Gasteiger charge is -2.37. The molecule has 348 valence electrons. The first-order valence-electron chi connectivity index (χ1n) is 23.2. The van der Waals surface area contributed by atoms with Crippen LogP contribution in [0.3, 0.4) is 0 Å². The number of cyclic esters (lactones) is 1. The number of rotatable bonds is 10. The number of phenolic OH excluding ortho intramolecular Hbond substituents is 1. The highest BCUT2D eigenvalue weighted by Gasteiger charge is 2.41. The third-order valence-electron chi connectivity index (χ3n) is 13.7. The highest BCUT2D eigenvalue weighted by atomic mass is 16.5. The summed E-state index contributed by atoms with van der Waals surface area (Å²) >= 11 is 0. The summed E-state index contributed by atoms with van der Waals surface area (Å²) in [6, 6.07) is 11.1. The second-order valence-corrected chi connectivity index (χ2v) is 19.5. The standard InChI is InChI=1S/C50H65N7O8/c1-8-56-43-12-11-32-22-38(43)39(45(56)40-24-51-15-13-34(40)26-63-7)23-50(4,5)29-65-49(62)41-10-9-16-57(53-41)48(61)42(20-31-18-35(32)21-37(58)19-31)52-46(59)44(30(2)3)54(6)47(60)33-14-17-55(25-33)36-27-64-28-36/h11-13,15,18-19,21-22,24,30,33,36,41-42,44,53,58H,8-10,14,16-17,20,23,25-29H2,1-7H3,(H,52,59)/t33-,41-,42-,44-/m0/s1. The Morgan fingerprint density at radius 2 is 1.88 bits per heavy atom. The summed E-state index contributed by atoms with van der Waals surface area (Å²) in [5.74, 6) is -1.95. The number of hydrogen-bond acceptors (Lipinski definition) is 11. The minimum absolute atomic E-state index is 0.0145. The van der Waals surface area contributed by atoms with E-state index in [4.69, 9.17) is 14.2 Å². The fourth-order valence-electron chi connectivity index (χ4n) is 10.3. The Morgan fingerprint density at radius 3 is 2.60 bits per heavy atom. The highest BCUT2D eigenvalue weighted by Crippen LogP contribution is 2.41. The molecule has 6 bridgehead atoms. The largest absolute Gasteiger partial charge is 0.508 e. The van der Waals surface area contributed by atoms with Gasteiger partial charge in [0.25, 0.3) is 5.91 Å². The van der Waals surface area contributed by atoms with Crippen molar-refractivity contribution >= 4 is 34.6 Å². The van der Waals surface area contributed by atoms with Crippen LogP contribution in [0.2, 0.25) is 0 Å². The molecular formula is C50H65N7O8. The molecule has 3 fully saturated rings. The van der Waals surface area contributed by atoms with Crippen LogP contribution in [-0.4, -0.2) is 131 Å². The lowest BCUT2D eigenvalue weighted by atomic mass is 9.84. The molecule has 15 heteroatoms. The normalized spacial score (nSPS) is 22.3. The summed E-state index contributed by atoms with van der Waals surface area (Å²) in [6.45, 7) is 14.4. The number of aryl methyl sites for hydroxylation is 1. The second kappa shape index (κ2) is 19.2. The minimum Gasteiger partial charge on any atom is -0.508 e. The van der Waals surface area contributed by atoms with E-state index < -0.39 is 41.3 Å². The van der Waals surface area contributed by atoms with Crippen molar-refractivity contribution < 1.29 is 38.5 Å². The third-order valence-corrected chi connectivity index (χ3v) is 13.7. The number of phenols is 1. The quantitative estimate of drug-likeness (QED) is 0.182. The van der Waals surface area contributed by atoms with Crippen LogP contribution in [0, 0.1) is 17.3 Å². The first-order chi connectivity index (χ1) is 31.2. The van der Waals surface area contributed by atoms with Crippen LogP contribution in [-0.2, 0) is 59.4 Å². The fourth-order valence-corrected chi connectivity index (χ4v) is 10.3. The smallest absolute Gasteiger partial charge is 0.324 e. The molecule has 4 aromatic rings. The molecule has 4 atom stereocenters. The maximum atomic E-state index is 14.7. The van der Waals surface area contributed by atoms with Crippen molar-refractivity contribution in [2.75, 3.05) is 53.6 Å². The number of fused-ring (bicyclic) bond motifs is 6. The van der Waals surface area contributed by atoms with Crippen LogP contribution in [0.4, 0.5) is 0 Å². The number of carbonyl (C=O) groups is 4. The maximum absolute atomic E-state index is 14.7. The van der Waals surface area contributed by atoms with Crippen molar-refractivity contribution in [3.05, 3.63) is 71.5 Å². The third kappa shape index (κ3) is 9.65. The number of esters is 1. The molecule has 0 spiro atoms. The number of hydrogen-bond donors (Lipinski definition) is 3. The van der Waals surface area contributed by atoms with Gasteiger partial charge in [-0.25, -0.2) is 5.43 Å². The van der Waals surface area contributed by atoms with E-state index in [1.165, 1.54) is 5.01 Å². The van der Waals surface area contributed by atoms with E-state index in [-0.39, 0.29) is 36.5 Å². The van der Waals surface area contributed by atoms with E-state index in [0.29, 0.717) is 76.7 Å². The number of ether oxygens (including phenoxy) is 3. The molecule has 3 amide bonds. The number of carbonyl (C=O) groups excluding carboxylic acids is 4. The minimum atomic E-state index is -1.11. The zero-order valence-corrected chi connectivity index (χ0v) is 38.9. The molecule has 0 saturated carbocycles. The van der Waals surface area contributed by atoms with Gasteiger partial charge in [-0.15, -0.1) is 0 Å². The Labute approximate surface area is 381 Å². The van der Waals surface area contributed by atoms with Crippen LogP contribution >= 0.6 is 0 Å². The molecule has 6 heterocycles. The number of nitrogens with zero attached hydrogens (tertiary/aromatic N) is 5. The van der Waals surface area contributed by atoms with Crippen LogP contribution in [0.15, 0.2) is 54.9 Å². The molecular weight excluding hydrogens is 827 g/mol. The molecule has 3 N–H and O–H groups in total. The lowest BCUT2D eigenvalue weighted by molar-refractivity contribution is -0.155. The summed E-state index contributed by atoms with van der Waals surface area (Å²) in [5, 5.41) is 16.8. The van der Waals surface area contributed by atoms with Crippen LogP contribution < -0.4 is 10.7 Å². The number of aromatic hydroxyl groups is 1. The number of likely N-dealkylation sites (N-methyl/N-ethyl adjacent to an activating group) is 1. The van der Waals surface area contributed by atoms with Gasteiger partial charge >= 0.3 is 5.97 Å². The number of aromatic nitrogens is 2. The monoisotopic (exact) mass is 891 g/mol. The van der Waals surface area contributed by atoms with E-state index in [0.717, 1.165) is 51.0 Å². The van der Waals surface area contributed by atoms with Crippen LogP contribution in [0.25, 0.3) is 33.3 Å². The van der Waals surface area contributed by atoms with Gasteiger partial charge < -0.3 is 34.1 Å². The SMILES string of the molecule is CCn1c(-c2cnccc2COC)c2c3cc(ccc31)-c1cc(O)cc(c1)C[C@H](NC(=O)[C@H](C(C)C)N(C)C(=O)[C@H]1CCN(C3COC3)C1)C(=O)N1CCC[C@H](N1)C(=O)OCC(C)(C)C2. The van der Waals surface area contributed by atoms with Gasteiger partial charge in [-0.2, -0.15) is 0 Å². The maximum Gasteiger partial charge on any atom is 0.324 e. The van der Waals surface area contributed by atoms with Gasteiger partial charge in [-0.1, -0.05) is 39.8 Å². The van der Waals surface area contributed by atoms with E-state index in [2.05, 4.69) is 58.1 Å². The lowest BCUT2D eigenvalue weighted by Crippen LogP contribution is -2.62. The average Bonchev–Trinajstić information content (AvgIpc) is 3.86. The van der Waals surface area contributed by atoms with Gasteiger partial charge in [-0.05, 0) is 103 Å². The second-order valence-electron chi connectivity index (χ2n) is 19.5. The number of nitrogens with one attached hydrogen (secondary N) is 2. The van der Waals surface area contributed by atoms with Crippen molar-refractivity contribution in [2.24, 2.45) is 17.3 Å². The molecule has 2 aromatic carbocycles. The molecule has 65 heavy (non-hydrogen) atoms. The number of pyridine rings is 1. The Hall–Kier alpha value is -5.35. The van der Waals surface area contributed by atoms with Crippen molar-refractivity contribution in [1.29, 1.82) is 0 Å². The Kier molecular flexibility index (Phi) is 13.7. The predicted molar refractivity (Wildman–Crippen MR) is 246 cm³/mol. The Bertz CT molecular complexity index is 2430. The van der Waals surface area contributed by atoms with Crippen molar-refractivity contribution in [2.45, 2.75) is 104 Å². The summed E-state index contributed by atoms with van der Waals surface area (Å²) in [4.78, 5) is 65.6. The van der Waals surface area contributed by atoms with Gasteiger partial charge in [-0.3, -0.25) is 34.1 Å². The topological polar surface area (TPSA) is 168 Å². The summed E-state index contributed by atoms with van der Waals surface area (Å²) in [6.07, 6.45) is 5.95. The fraction of sp³-hybridized carbons (Fsp3) is 0.540. The first-order valence-corrected chi connectivity index (χ1v) is 23.2. The zero-order chi connectivity index (χ0) is 46.2. The summed E-state index contributed by atoms with van der Waals surface area (Å²) in [7, 11) is 3.35. The molecule has 0 aliphatic carbocycles. The van der Waals surface area contributed by atoms with Gasteiger partial charge in [0.15, 0.2) is 0 Å². The molecule has 3 saturated heterocycles. The van der Waals surface area contributed by atoms with Gasteiger partial charge in [0, 0.05) is 74.5 Å². The number of methoxy groups -OCH3 is 1. The number of likely N-dealkylation sites (tertiary alicyclic amines) is 1. The molecule has 0 radical (unpaired) electrons. The Morgan fingerprint density at radius 1 is 1.08 bits per heavy atom. The van der Waals surface area contributed by atoms with E-state index in [1.54, 1.807) is 37.4 Å². The van der Waals surface area contributed by atoms with Gasteiger partial charge in [0.2, 0.25) is 11.8 Å².